The molecule has 2 aromatic rings. The van der Waals surface area contributed by atoms with Crippen molar-refractivity contribution in [3.05, 3.63) is 69.7 Å². The Morgan fingerprint density at radius 1 is 1.16 bits per heavy atom. The van der Waals surface area contributed by atoms with E-state index in [-0.39, 0.29) is 21.5 Å². The van der Waals surface area contributed by atoms with Crippen LogP contribution in [0.4, 0.5) is 0 Å². The molecule has 0 radical (unpaired) electrons. The fourth-order valence-corrected chi connectivity index (χ4v) is 4.50. The van der Waals surface area contributed by atoms with E-state index in [1.165, 1.54) is 25.3 Å². The van der Waals surface area contributed by atoms with E-state index in [1.807, 2.05) is 30.3 Å². The maximum Gasteiger partial charge on any atom is 0.328 e. The third-order valence-electron chi connectivity index (χ3n) is 3.36. The van der Waals surface area contributed by atoms with Gasteiger partial charge in [0.05, 0.1) is 10.0 Å². The minimum Gasteiger partial charge on any atom is -0.478 e. The van der Waals surface area contributed by atoms with Crippen LogP contribution in [0.3, 0.4) is 0 Å². The fourth-order valence-electron chi connectivity index (χ4n) is 2.17. The summed E-state index contributed by atoms with van der Waals surface area (Å²) in [7, 11) is -2.48. The lowest BCUT2D eigenvalue weighted by Gasteiger charge is -2.19. The Morgan fingerprint density at radius 2 is 1.72 bits per heavy atom. The molecule has 0 unspecified atom stereocenters. The van der Waals surface area contributed by atoms with Crippen molar-refractivity contribution in [2.75, 3.05) is 7.05 Å². The second-order valence-corrected chi connectivity index (χ2v) is 8.03. The zero-order valence-corrected chi connectivity index (χ0v) is 15.5. The zero-order valence-electron chi connectivity index (χ0n) is 13.2. The lowest BCUT2D eigenvalue weighted by atomic mass is 10.2. The van der Waals surface area contributed by atoms with Gasteiger partial charge < -0.3 is 5.11 Å². The van der Waals surface area contributed by atoms with Crippen molar-refractivity contribution in [1.29, 1.82) is 0 Å². The van der Waals surface area contributed by atoms with Gasteiger partial charge in [-0.2, -0.15) is 4.31 Å². The lowest BCUT2D eigenvalue weighted by Crippen LogP contribution is -2.27. The first-order chi connectivity index (χ1) is 11.7. The van der Waals surface area contributed by atoms with E-state index in [0.717, 1.165) is 15.9 Å². The van der Waals surface area contributed by atoms with Crippen molar-refractivity contribution < 1.29 is 18.3 Å². The molecule has 0 atom stereocenters. The summed E-state index contributed by atoms with van der Waals surface area (Å²) in [4.78, 5) is 10.4. The molecule has 0 heterocycles. The van der Waals surface area contributed by atoms with E-state index in [4.69, 9.17) is 28.3 Å². The molecule has 0 saturated carbocycles. The van der Waals surface area contributed by atoms with Crippen molar-refractivity contribution in [3.8, 4) is 0 Å². The van der Waals surface area contributed by atoms with Crippen LogP contribution < -0.4 is 0 Å². The molecule has 0 fully saturated rings. The van der Waals surface area contributed by atoms with Crippen molar-refractivity contribution in [2.24, 2.45) is 0 Å². The Hall–Kier alpha value is -1.86. The van der Waals surface area contributed by atoms with Gasteiger partial charge in [-0.15, -0.1) is 0 Å². The predicted octanol–water partition coefficient (Wildman–Crippen LogP) is 3.91. The van der Waals surface area contributed by atoms with Crippen LogP contribution in [0, 0.1) is 0 Å². The first kappa shape index (κ1) is 19.5. The van der Waals surface area contributed by atoms with Gasteiger partial charge in [0.1, 0.15) is 4.90 Å². The van der Waals surface area contributed by atoms with Gasteiger partial charge in [-0.3, -0.25) is 0 Å². The van der Waals surface area contributed by atoms with Gasteiger partial charge in [-0.05, 0) is 29.3 Å². The van der Waals surface area contributed by atoms with Crippen molar-refractivity contribution in [1.82, 2.24) is 4.31 Å². The molecule has 0 aromatic heterocycles. The summed E-state index contributed by atoms with van der Waals surface area (Å²) in [6, 6.07) is 11.8. The normalized spacial score (nSPS) is 12.0. The van der Waals surface area contributed by atoms with Crippen LogP contribution in [-0.4, -0.2) is 30.8 Å². The Bertz CT molecular complexity index is 888. The Balaban J connectivity index is 2.37. The van der Waals surface area contributed by atoms with Crippen LogP contribution in [0.5, 0.6) is 0 Å². The van der Waals surface area contributed by atoms with E-state index >= 15 is 0 Å². The minimum atomic E-state index is -3.92. The number of halogens is 2. The number of carboxylic acids is 1. The molecule has 5 nitrogen and oxygen atoms in total. The third kappa shape index (κ3) is 4.83. The molecule has 2 aromatic carbocycles. The summed E-state index contributed by atoms with van der Waals surface area (Å²) in [6.45, 7) is 0.163. The van der Waals surface area contributed by atoms with Gasteiger partial charge in [-0.25, -0.2) is 13.2 Å². The van der Waals surface area contributed by atoms with E-state index in [0.29, 0.717) is 5.56 Å². The summed E-state index contributed by atoms with van der Waals surface area (Å²) >= 11 is 12.2. The van der Waals surface area contributed by atoms with E-state index in [1.54, 1.807) is 0 Å². The Kier molecular flexibility index (Phi) is 6.24. The minimum absolute atomic E-state index is 0.0718. The van der Waals surface area contributed by atoms with Crippen LogP contribution in [0.2, 0.25) is 10.0 Å². The first-order valence-corrected chi connectivity index (χ1v) is 9.31. The van der Waals surface area contributed by atoms with Gasteiger partial charge in [0.25, 0.3) is 0 Å². The number of aliphatic carboxylic acids is 1. The van der Waals surface area contributed by atoms with Crippen molar-refractivity contribution >= 4 is 45.3 Å². The highest BCUT2D eigenvalue weighted by molar-refractivity contribution is 7.89. The maximum absolute atomic E-state index is 12.8. The van der Waals surface area contributed by atoms with Gasteiger partial charge in [-0.1, -0.05) is 53.5 Å². The number of sulfonamides is 1. The molecule has 1 N–H and O–H groups in total. The summed E-state index contributed by atoms with van der Waals surface area (Å²) in [5, 5.41) is 8.51. The number of nitrogens with zero attached hydrogens (tertiary/aromatic N) is 1. The zero-order chi connectivity index (χ0) is 18.6. The number of carbonyl (C=O) groups is 1. The average molecular weight is 400 g/mol. The van der Waals surface area contributed by atoms with Gasteiger partial charge in [0.2, 0.25) is 10.0 Å². The SMILES string of the molecule is CN(Cc1ccccc1)S(=O)(=O)c1c(Cl)cc(/C=C/C(=O)O)cc1Cl. The third-order valence-corrected chi connectivity index (χ3v) is 6.08. The van der Waals surface area contributed by atoms with E-state index in [2.05, 4.69) is 0 Å². The molecule has 0 amide bonds. The van der Waals surface area contributed by atoms with Gasteiger partial charge in [0, 0.05) is 19.7 Å². The monoisotopic (exact) mass is 399 g/mol. The summed E-state index contributed by atoms with van der Waals surface area (Å²) in [6.07, 6.45) is 2.20. The van der Waals surface area contributed by atoms with Crippen molar-refractivity contribution in [2.45, 2.75) is 11.4 Å². The molecular formula is C17H15Cl2NO4S. The number of benzene rings is 2. The number of hydrogen-bond donors (Lipinski definition) is 1. The number of hydrogen-bond acceptors (Lipinski definition) is 3. The quantitative estimate of drug-likeness (QED) is 0.747. The van der Waals surface area contributed by atoms with Gasteiger partial charge in [0.15, 0.2) is 0 Å². The highest BCUT2D eigenvalue weighted by Crippen LogP contribution is 2.33. The largest absolute Gasteiger partial charge is 0.478 e. The van der Waals surface area contributed by atoms with Crippen molar-refractivity contribution in [3.63, 3.8) is 0 Å². The standard InChI is InChI=1S/C17H15Cl2NO4S/c1-20(11-12-5-3-2-4-6-12)25(23,24)17-14(18)9-13(10-15(17)19)7-8-16(21)22/h2-10H,11H2,1H3,(H,21,22)/b8-7+. The molecule has 132 valence electrons. The van der Waals surface area contributed by atoms with Crippen LogP contribution >= 0.6 is 23.2 Å². The molecule has 8 heteroatoms. The number of carboxylic acid groups (broad SMARTS) is 1. The average Bonchev–Trinajstić information content (AvgIpc) is 2.53. The first-order valence-electron chi connectivity index (χ1n) is 7.12. The molecule has 0 spiro atoms. The lowest BCUT2D eigenvalue weighted by molar-refractivity contribution is -0.131. The smallest absolute Gasteiger partial charge is 0.328 e. The maximum atomic E-state index is 12.8. The molecule has 0 saturated heterocycles. The summed E-state index contributed by atoms with van der Waals surface area (Å²) in [5.41, 5.74) is 1.21. The van der Waals surface area contributed by atoms with Crippen LogP contribution in [0.15, 0.2) is 53.4 Å². The summed E-state index contributed by atoms with van der Waals surface area (Å²) < 4.78 is 26.8. The molecule has 2 rings (SSSR count). The topological polar surface area (TPSA) is 74.7 Å². The second-order valence-electron chi connectivity index (χ2n) is 5.23. The van der Waals surface area contributed by atoms with Crippen LogP contribution in [-0.2, 0) is 21.4 Å². The molecular weight excluding hydrogens is 385 g/mol. The highest BCUT2D eigenvalue weighted by Gasteiger charge is 2.27. The van der Waals surface area contributed by atoms with Crippen LogP contribution in [0.25, 0.3) is 6.08 Å². The number of rotatable bonds is 6. The molecule has 25 heavy (non-hydrogen) atoms. The Labute approximate surface area is 156 Å². The molecule has 0 aliphatic heterocycles. The Morgan fingerprint density at radius 3 is 2.24 bits per heavy atom. The molecule has 0 aliphatic carbocycles. The highest BCUT2D eigenvalue weighted by atomic mass is 35.5. The second kappa shape index (κ2) is 8.01. The molecule has 0 bridgehead atoms. The van der Waals surface area contributed by atoms with Crippen LogP contribution in [0.1, 0.15) is 11.1 Å². The van der Waals surface area contributed by atoms with E-state index in [9.17, 15) is 13.2 Å². The van der Waals surface area contributed by atoms with E-state index < -0.39 is 16.0 Å². The summed E-state index contributed by atoms with van der Waals surface area (Å²) in [5.74, 6) is -1.13. The fraction of sp³-hybridized carbons (Fsp3) is 0.118. The van der Waals surface area contributed by atoms with Gasteiger partial charge >= 0.3 is 5.97 Å². The predicted molar refractivity (Wildman–Crippen MR) is 98.2 cm³/mol. The molecule has 0 aliphatic rings.